The van der Waals surface area contributed by atoms with E-state index in [1.54, 1.807) is 7.11 Å². The van der Waals surface area contributed by atoms with Crippen molar-refractivity contribution in [1.29, 1.82) is 0 Å². The van der Waals surface area contributed by atoms with E-state index in [1.807, 2.05) is 24.3 Å². The van der Waals surface area contributed by atoms with Crippen molar-refractivity contribution < 1.29 is 24.2 Å². The fourth-order valence-corrected chi connectivity index (χ4v) is 1.87. The molecule has 0 spiro atoms. The minimum Gasteiger partial charge on any atom is -0.480 e. The largest absolute Gasteiger partial charge is 0.480 e. The highest BCUT2D eigenvalue weighted by Gasteiger charge is 2.20. The van der Waals surface area contributed by atoms with E-state index in [9.17, 15) is 9.59 Å². The van der Waals surface area contributed by atoms with Crippen LogP contribution in [0.2, 0.25) is 0 Å². The quantitative estimate of drug-likeness (QED) is 0.500. The van der Waals surface area contributed by atoms with Crippen molar-refractivity contribution in [1.82, 2.24) is 5.32 Å². The topological polar surface area (TPSA) is 84.9 Å². The number of methoxy groups -OCH3 is 1. The van der Waals surface area contributed by atoms with Gasteiger partial charge in [0.1, 0.15) is 0 Å². The van der Waals surface area contributed by atoms with Crippen LogP contribution in [0.25, 0.3) is 0 Å². The average Bonchev–Trinajstić information content (AvgIpc) is 2.47. The first-order valence-electron chi connectivity index (χ1n) is 6.84. The molecule has 0 aliphatic rings. The summed E-state index contributed by atoms with van der Waals surface area (Å²) >= 11 is 0. The van der Waals surface area contributed by atoms with Crippen molar-refractivity contribution in [2.45, 2.75) is 19.1 Å². The monoisotopic (exact) mass is 307 g/mol. The Kier molecular flexibility index (Phi) is 7.88. The van der Waals surface area contributed by atoms with E-state index in [0.29, 0.717) is 6.61 Å². The maximum absolute atomic E-state index is 11.9. The Labute approximate surface area is 129 Å². The lowest BCUT2D eigenvalue weighted by molar-refractivity contribution is -0.143. The van der Waals surface area contributed by atoms with Crippen molar-refractivity contribution >= 4 is 11.9 Å². The summed E-state index contributed by atoms with van der Waals surface area (Å²) in [4.78, 5) is 23.0. The second-order valence-corrected chi connectivity index (χ2v) is 4.71. The summed E-state index contributed by atoms with van der Waals surface area (Å²) in [5.41, 5.74) is 1.75. The van der Waals surface area contributed by atoms with E-state index >= 15 is 0 Å². The van der Waals surface area contributed by atoms with Crippen molar-refractivity contribution in [3.63, 3.8) is 0 Å². The Balaban J connectivity index is 2.57. The summed E-state index contributed by atoms with van der Waals surface area (Å²) in [6.45, 7) is 4.07. The number of aliphatic carboxylic acids is 1. The smallest absolute Gasteiger partial charge is 0.328 e. The molecule has 0 aromatic heterocycles. The highest BCUT2D eigenvalue weighted by atomic mass is 16.5. The first-order valence-corrected chi connectivity index (χ1v) is 6.84. The molecule has 0 bridgehead atoms. The fourth-order valence-electron chi connectivity index (χ4n) is 1.87. The molecule has 0 saturated heterocycles. The minimum atomic E-state index is -1.13. The van der Waals surface area contributed by atoms with Crippen LogP contribution in [-0.4, -0.2) is 43.3 Å². The normalized spacial score (nSPS) is 11.7. The third kappa shape index (κ3) is 6.51. The van der Waals surface area contributed by atoms with Crippen molar-refractivity contribution in [2.24, 2.45) is 0 Å². The van der Waals surface area contributed by atoms with Crippen molar-refractivity contribution in [3.05, 3.63) is 48.0 Å². The van der Waals surface area contributed by atoms with E-state index in [1.165, 1.54) is 6.08 Å². The molecule has 0 radical (unpaired) electrons. The molecule has 0 aliphatic heterocycles. The Morgan fingerprint density at radius 3 is 2.77 bits per heavy atom. The van der Waals surface area contributed by atoms with E-state index in [0.717, 1.165) is 11.1 Å². The third-order valence-corrected chi connectivity index (χ3v) is 2.82. The summed E-state index contributed by atoms with van der Waals surface area (Å²) < 4.78 is 10.1. The Hall–Kier alpha value is -2.18. The molecule has 1 rings (SSSR count). The molecule has 2 N–H and O–H groups in total. The van der Waals surface area contributed by atoms with Crippen LogP contribution >= 0.6 is 0 Å². The number of ether oxygens (including phenoxy) is 2. The van der Waals surface area contributed by atoms with Crippen LogP contribution in [0, 0.1) is 0 Å². The molecule has 22 heavy (non-hydrogen) atoms. The van der Waals surface area contributed by atoms with Crippen LogP contribution in [0.15, 0.2) is 36.9 Å². The molecule has 1 atom stereocenters. The van der Waals surface area contributed by atoms with Gasteiger partial charge in [-0.15, -0.1) is 6.58 Å². The number of carbonyl (C=O) groups excluding carboxylic acids is 1. The molecular formula is C16H21NO5. The Morgan fingerprint density at radius 1 is 1.41 bits per heavy atom. The SMILES string of the molecule is C=CCOCC(NC(=O)Cc1cccc(COC)c1)C(=O)O. The summed E-state index contributed by atoms with van der Waals surface area (Å²) in [5.74, 6) is -1.50. The van der Waals surface area contributed by atoms with Crippen LogP contribution in [0.4, 0.5) is 0 Å². The van der Waals surface area contributed by atoms with Crippen molar-refractivity contribution in [3.8, 4) is 0 Å². The standard InChI is InChI=1S/C16H21NO5/c1-3-7-22-11-14(16(19)20)17-15(18)9-12-5-4-6-13(8-12)10-21-2/h3-6,8,14H,1,7,9-11H2,2H3,(H,17,18)(H,19,20). The van der Waals surface area contributed by atoms with Crippen molar-refractivity contribution in [2.75, 3.05) is 20.3 Å². The third-order valence-electron chi connectivity index (χ3n) is 2.82. The zero-order chi connectivity index (χ0) is 16.4. The van der Waals surface area contributed by atoms with Gasteiger partial charge in [0.2, 0.25) is 5.91 Å². The summed E-state index contributed by atoms with van der Waals surface area (Å²) in [6.07, 6.45) is 1.62. The summed E-state index contributed by atoms with van der Waals surface area (Å²) in [7, 11) is 1.60. The molecule has 6 nitrogen and oxygen atoms in total. The molecule has 0 saturated carbocycles. The van der Waals surface area contributed by atoms with Gasteiger partial charge >= 0.3 is 5.97 Å². The predicted octanol–water partition coefficient (Wildman–Crippen LogP) is 1.15. The van der Waals surface area contributed by atoms with Crippen LogP contribution < -0.4 is 5.32 Å². The van der Waals surface area contributed by atoms with Gasteiger partial charge in [0, 0.05) is 7.11 Å². The van der Waals surface area contributed by atoms with Gasteiger partial charge in [0.25, 0.3) is 0 Å². The number of carboxylic acid groups (broad SMARTS) is 1. The van der Waals surface area contributed by atoms with Crippen LogP contribution in [-0.2, 0) is 32.1 Å². The van der Waals surface area contributed by atoms with Gasteiger partial charge in [-0.05, 0) is 11.1 Å². The molecule has 1 unspecified atom stereocenters. The Bertz CT molecular complexity index is 515. The lowest BCUT2D eigenvalue weighted by Gasteiger charge is -2.14. The number of carbonyl (C=O) groups is 2. The van der Waals surface area contributed by atoms with Gasteiger partial charge in [-0.1, -0.05) is 30.3 Å². The number of carboxylic acids is 1. The first-order chi connectivity index (χ1) is 10.6. The lowest BCUT2D eigenvalue weighted by Crippen LogP contribution is -2.44. The van der Waals surface area contributed by atoms with Gasteiger partial charge in [-0.3, -0.25) is 4.79 Å². The molecule has 0 heterocycles. The maximum atomic E-state index is 11.9. The molecule has 1 aromatic rings. The van der Waals surface area contributed by atoms with E-state index in [-0.39, 0.29) is 25.5 Å². The second kappa shape index (κ2) is 9.70. The van der Waals surface area contributed by atoms with E-state index in [4.69, 9.17) is 14.6 Å². The van der Waals surface area contributed by atoms with E-state index in [2.05, 4.69) is 11.9 Å². The minimum absolute atomic E-state index is 0.1000. The molecule has 6 heteroatoms. The first kappa shape index (κ1) is 17.9. The lowest BCUT2D eigenvalue weighted by atomic mass is 10.1. The Morgan fingerprint density at radius 2 is 2.14 bits per heavy atom. The van der Waals surface area contributed by atoms with Gasteiger partial charge < -0.3 is 19.9 Å². The predicted molar refractivity (Wildman–Crippen MR) is 81.4 cm³/mol. The zero-order valence-electron chi connectivity index (χ0n) is 12.6. The molecule has 1 aromatic carbocycles. The number of rotatable bonds is 10. The maximum Gasteiger partial charge on any atom is 0.328 e. The number of benzene rings is 1. The number of amides is 1. The summed E-state index contributed by atoms with van der Waals surface area (Å²) in [6, 6.07) is 6.32. The molecular weight excluding hydrogens is 286 g/mol. The average molecular weight is 307 g/mol. The number of nitrogens with one attached hydrogen (secondary N) is 1. The van der Waals surface area contributed by atoms with Gasteiger partial charge in [-0.2, -0.15) is 0 Å². The molecule has 120 valence electrons. The molecule has 0 fully saturated rings. The van der Waals surface area contributed by atoms with E-state index < -0.39 is 12.0 Å². The highest BCUT2D eigenvalue weighted by molar-refractivity contribution is 5.84. The van der Waals surface area contributed by atoms with Crippen LogP contribution in [0.1, 0.15) is 11.1 Å². The fraction of sp³-hybridized carbons (Fsp3) is 0.375. The second-order valence-electron chi connectivity index (χ2n) is 4.71. The molecule has 0 aliphatic carbocycles. The van der Waals surface area contributed by atoms with Gasteiger partial charge in [0.15, 0.2) is 6.04 Å². The van der Waals surface area contributed by atoms with Gasteiger partial charge in [0.05, 0.1) is 26.2 Å². The number of hydrogen-bond donors (Lipinski definition) is 2. The van der Waals surface area contributed by atoms with Gasteiger partial charge in [-0.25, -0.2) is 4.79 Å². The highest BCUT2D eigenvalue weighted by Crippen LogP contribution is 2.07. The summed E-state index contributed by atoms with van der Waals surface area (Å²) in [5, 5.41) is 11.5. The zero-order valence-corrected chi connectivity index (χ0v) is 12.6. The molecule has 1 amide bonds. The van der Waals surface area contributed by atoms with Crippen LogP contribution in [0.5, 0.6) is 0 Å². The number of hydrogen-bond acceptors (Lipinski definition) is 4. The van der Waals surface area contributed by atoms with Crippen LogP contribution in [0.3, 0.4) is 0 Å².